The Labute approximate surface area is 257 Å². The Bertz CT molecular complexity index is 1390. The van der Waals surface area contributed by atoms with Crippen molar-refractivity contribution in [1.82, 2.24) is 10.2 Å². The van der Waals surface area contributed by atoms with Gasteiger partial charge in [0.05, 0.1) is 18.8 Å². The molecule has 0 saturated carbocycles. The summed E-state index contributed by atoms with van der Waals surface area (Å²) in [6.45, 7) is 4.04. The molecule has 10 heteroatoms. The van der Waals surface area contributed by atoms with E-state index in [1.807, 2.05) is 42.5 Å². The summed E-state index contributed by atoms with van der Waals surface area (Å²) in [7, 11) is 1.62. The highest BCUT2D eigenvalue weighted by Gasteiger charge is 2.42. The molecule has 3 N–H and O–H groups in total. The van der Waals surface area contributed by atoms with Crippen molar-refractivity contribution in [3.8, 4) is 23.0 Å². The number of rotatable bonds is 12. The summed E-state index contributed by atoms with van der Waals surface area (Å²) >= 11 is 6.17. The minimum Gasteiger partial charge on any atom is -0.497 e. The van der Waals surface area contributed by atoms with Crippen LogP contribution in [0.3, 0.4) is 0 Å². The second-order valence-corrected chi connectivity index (χ2v) is 11.8. The molecule has 43 heavy (non-hydrogen) atoms. The van der Waals surface area contributed by atoms with E-state index in [1.165, 1.54) is 0 Å². The fraction of sp³-hybridized carbons (Fsp3) is 0.424. The SMILES string of the molecule is COc1ccc(COc2ccc(C(=O)NCC(C)O)c(OC[C@H](O)CN3CCC4(CC3)Cc3cc(Cl)ccc3O4)c2)cc1. The van der Waals surface area contributed by atoms with Gasteiger partial charge in [-0.3, -0.25) is 4.79 Å². The lowest BCUT2D eigenvalue weighted by molar-refractivity contribution is -0.00201. The number of carbonyl (C=O) groups is 1. The number of amides is 1. The molecule has 2 aliphatic heterocycles. The highest BCUT2D eigenvalue weighted by Crippen LogP contribution is 2.42. The summed E-state index contributed by atoms with van der Waals surface area (Å²) < 4.78 is 23.5. The molecule has 0 radical (unpaired) electrons. The van der Waals surface area contributed by atoms with E-state index in [4.69, 9.17) is 30.5 Å². The molecule has 2 atom stereocenters. The van der Waals surface area contributed by atoms with Gasteiger partial charge in [-0.2, -0.15) is 0 Å². The Morgan fingerprint density at radius 1 is 1.05 bits per heavy atom. The van der Waals surface area contributed by atoms with Gasteiger partial charge in [-0.05, 0) is 60.5 Å². The molecule has 1 fully saturated rings. The zero-order valence-electron chi connectivity index (χ0n) is 24.6. The molecule has 3 aromatic carbocycles. The van der Waals surface area contributed by atoms with Gasteiger partial charge in [-0.15, -0.1) is 0 Å². The number of likely N-dealkylation sites (tertiary alicyclic amines) is 1. The van der Waals surface area contributed by atoms with Crippen LogP contribution in [0.2, 0.25) is 5.02 Å². The summed E-state index contributed by atoms with van der Waals surface area (Å²) in [5, 5.41) is 23.9. The first-order chi connectivity index (χ1) is 20.7. The quantitative estimate of drug-likeness (QED) is 0.279. The van der Waals surface area contributed by atoms with Crippen molar-refractivity contribution in [2.75, 3.05) is 39.9 Å². The van der Waals surface area contributed by atoms with Gasteiger partial charge in [0.15, 0.2) is 0 Å². The standard InChI is InChI=1S/C33H39ClN2O7/c1-22(37)18-35-32(39)29-9-8-28(41-20-23-3-6-27(40-2)7-4-23)16-31(29)42-21-26(38)19-36-13-11-33(12-14-36)17-24-15-25(34)5-10-30(24)43-33/h3-10,15-16,22,26,37-38H,11-14,17-21H2,1-2H3,(H,35,39)/t22?,26-/m1/s1. The highest BCUT2D eigenvalue weighted by molar-refractivity contribution is 6.30. The largest absolute Gasteiger partial charge is 0.497 e. The third kappa shape index (κ3) is 8.12. The van der Waals surface area contributed by atoms with Crippen LogP contribution < -0.4 is 24.3 Å². The van der Waals surface area contributed by atoms with Crippen molar-refractivity contribution in [2.45, 2.75) is 50.6 Å². The number of β-amino-alcohol motifs (C(OH)–C–C–N with tert-alkyl or cyclic N) is 1. The minimum atomic E-state index is -0.771. The fourth-order valence-corrected chi connectivity index (χ4v) is 5.68. The van der Waals surface area contributed by atoms with Crippen LogP contribution in [-0.2, 0) is 13.0 Å². The number of nitrogens with one attached hydrogen (secondary N) is 1. The van der Waals surface area contributed by atoms with Crippen molar-refractivity contribution in [3.63, 3.8) is 0 Å². The predicted molar refractivity (Wildman–Crippen MR) is 163 cm³/mol. The monoisotopic (exact) mass is 610 g/mol. The van der Waals surface area contributed by atoms with Gasteiger partial charge in [0.25, 0.3) is 5.91 Å². The van der Waals surface area contributed by atoms with Crippen LogP contribution >= 0.6 is 11.6 Å². The van der Waals surface area contributed by atoms with Gasteiger partial charge in [0.1, 0.15) is 47.9 Å². The molecule has 1 saturated heterocycles. The average molecular weight is 611 g/mol. The Morgan fingerprint density at radius 2 is 1.79 bits per heavy atom. The first-order valence-electron chi connectivity index (χ1n) is 14.6. The van der Waals surface area contributed by atoms with E-state index in [-0.39, 0.29) is 24.7 Å². The normalized spacial score (nSPS) is 17.0. The number of aliphatic hydroxyl groups is 2. The minimum absolute atomic E-state index is 0.000694. The number of fused-ring (bicyclic) bond motifs is 1. The lowest BCUT2D eigenvalue weighted by Gasteiger charge is -2.39. The number of halogens is 1. The predicted octanol–water partition coefficient (Wildman–Crippen LogP) is 4.25. The van der Waals surface area contributed by atoms with E-state index in [1.54, 1.807) is 32.2 Å². The lowest BCUT2D eigenvalue weighted by Crippen LogP contribution is -2.49. The Balaban J connectivity index is 1.17. The number of hydrogen-bond donors (Lipinski definition) is 3. The third-order valence-electron chi connectivity index (χ3n) is 7.85. The first kappa shape index (κ1) is 30.9. The molecule has 0 bridgehead atoms. The van der Waals surface area contributed by atoms with Crippen LogP contribution in [0.15, 0.2) is 60.7 Å². The van der Waals surface area contributed by atoms with Crippen molar-refractivity contribution >= 4 is 17.5 Å². The number of benzene rings is 3. The molecule has 2 aliphatic rings. The van der Waals surface area contributed by atoms with Gasteiger partial charge < -0.3 is 39.4 Å². The number of ether oxygens (including phenoxy) is 4. The Hall–Kier alpha value is -3.50. The second kappa shape index (κ2) is 13.9. The van der Waals surface area contributed by atoms with Gasteiger partial charge in [-0.1, -0.05) is 23.7 Å². The van der Waals surface area contributed by atoms with E-state index in [0.29, 0.717) is 30.2 Å². The van der Waals surface area contributed by atoms with Crippen LogP contribution in [0.1, 0.15) is 41.3 Å². The highest BCUT2D eigenvalue weighted by atomic mass is 35.5. The smallest absolute Gasteiger partial charge is 0.255 e. The van der Waals surface area contributed by atoms with E-state index < -0.39 is 12.2 Å². The molecular weight excluding hydrogens is 572 g/mol. The number of nitrogens with zero attached hydrogens (tertiary/aromatic N) is 1. The molecule has 0 aliphatic carbocycles. The fourth-order valence-electron chi connectivity index (χ4n) is 5.48. The first-order valence-corrected chi connectivity index (χ1v) is 15.0. The average Bonchev–Trinajstić information content (AvgIpc) is 3.36. The zero-order chi connectivity index (χ0) is 30.4. The molecular formula is C33H39ClN2O7. The number of aliphatic hydroxyl groups excluding tert-OH is 2. The topological polar surface area (TPSA) is 110 Å². The van der Waals surface area contributed by atoms with Gasteiger partial charge in [-0.25, -0.2) is 0 Å². The van der Waals surface area contributed by atoms with E-state index in [0.717, 1.165) is 60.0 Å². The van der Waals surface area contributed by atoms with E-state index >= 15 is 0 Å². The Kier molecular flexibility index (Phi) is 9.97. The number of carbonyl (C=O) groups excluding carboxylic acids is 1. The van der Waals surface area contributed by atoms with Crippen molar-refractivity contribution in [2.24, 2.45) is 0 Å². The van der Waals surface area contributed by atoms with Crippen LogP contribution in [0, 0.1) is 0 Å². The molecule has 2 heterocycles. The zero-order valence-corrected chi connectivity index (χ0v) is 25.3. The van der Waals surface area contributed by atoms with Crippen molar-refractivity contribution in [3.05, 3.63) is 82.4 Å². The summed E-state index contributed by atoms with van der Waals surface area (Å²) in [6.07, 6.45) is 1.10. The summed E-state index contributed by atoms with van der Waals surface area (Å²) in [6, 6.07) is 18.3. The number of piperidine rings is 1. The second-order valence-electron chi connectivity index (χ2n) is 11.3. The van der Waals surface area contributed by atoms with Gasteiger partial charge in [0, 0.05) is 56.5 Å². The molecule has 3 aromatic rings. The summed E-state index contributed by atoms with van der Waals surface area (Å²) in [4.78, 5) is 15.1. The van der Waals surface area contributed by atoms with Gasteiger partial charge >= 0.3 is 0 Å². The lowest BCUT2D eigenvalue weighted by atomic mass is 9.87. The van der Waals surface area contributed by atoms with Crippen LogP contribution in [-0.4, -0.2) is 78.7 Å². The van der Waals surface area contributed by atoms with Crippen molar-refractivity contribution in [1.29, 1.82) is 0 Å². The molecule has 1 unspecified atom stereocenters. The molecule has 230 valence electrons. The number of methoxy groups -OCH3 is 1. The van der Waals surface area contributed by atoms with E-state index in [9.17, 15) is 15.0 Å². The third-order valence-corrected chi connectivity index (χ3v) is 8.08. The maximum absolute atomic E-state index is 12.9. The summed E-state index contributed by atoms with van der Waals surface area (Å²) in [5.74, 6) is 2.11. The molecule has 1 amide bonds. The molecule has 5 rings (SSSR count). The Morgan fingerprint density at radius 3 is 2.51 bits per heavy atom. The van der Waals surface area contributed by atoms with Crippen molar-refractivity contribution < 1.29 is 34.0 Å². The van der Waals surface area contributed by atoms with Crippen LogP contribution in [0.25, 0.3) is 0 Å². The number of hydrogen-bond acceptors (Lipinski definition) is 8. The maximum Gasteiger partial charge on any atom is 0.255 e. The molecule has 9 nitrogen and oxygen atoms in total. The van der Waals surface area contributed by atoms with Crippen LogP contribution in [0.5, 0.6) is 23.0 Å². The summed E-state index contributed by atoms with van der Waals surface area (Å²) in [5.41, 5.74) is 2.18. The van der Waals surface area contributed by atoms with Gasteiger partial charge in [0.2, 0.25) is 0 Å². The molecule has 1 spiro atoms. The maximum atomic E-state index is 12.9. The van der Waals surface area contributed by atoms with Crippen LogP contribution in [0.4, 0.5) is 0 Å². The van der Waals surface area contributed by atoms with E-state index in [2.05, 4.69) is 10.2 Å². The molecule has 0 aromatic heterocycles.